The number of aryl methyl sites for hydroxylation is 2. The molecule has 2 nitrogen and oxygen atoms in total. The minimum absolute atomic E-state index is 0.257. The summed E-state index contributed by atoms with van der Waals surface area (Å²) in [6.45, 7) is 4.24. The van der Waals surface area contributed by atoms with Crippen LogP contribution in [-0.2, 0) is 0 Å². The maximum Gasteiger partial charge on any atom is 0.120 e. The Morgan fingerprint density at radius 2 is 1.75 bits per heavy atom. The molecule has 20 heavy (non-hydrogen) atoms. The van der Waals surface area contributed by atoms with Crippen LogP contribution in [0, 0.1) is 19.3 Å². The molecule has 1 aromatic carbocycles. The van der Waals surface area contributed by atoms with E-state index in [-0.39, 0.29) is 5.41 Å². The molecule has 0 amide bonds. The molecule has 2 saturated carbocycles. The van der Waals surface area contributed by atoms with E-state index < -0.39 is 0 Å². The first kappa shape index (κ1) is 14.4. The average Bonchev–Trinajstić information content (AvgIpc) is 2.45. The standard InChI is InChI=1S/C17H24BrNO/c1-11-8-13(9-12(2)16(11)18)20-15-10-14(19)17(15)6-4-3-5-7-17/h8-9,14-15H,3-7,10,19H2,1-2H3. The molecule has 3 heteroatoms. The van der Waals surface area contributed by atoms with Crippen LogP contribution >= 0.6 is 15.9 Å². The molecule has 1 aromatic rings. The van der Waals surface area contributed by atoms with E-state index in [1.54, 1.807) is 0 Å². The predicted molar refractivity (Wildman–Crippen MR) is 86.1 cm³/mol. The maximum atomic E-state index is 6.33. The molecule has 0 heterocycles. The van der Waals surface area contributed by atoms with Gasteiger partial charge in [-0.15, -0.1) is 0 Å². The average molecular weight is 338 g/mol. The number of ether oxygens (including phenoxy) is 1. The van der Waals surface area contributed by atoms with Gasteiger partial charge >= 0.3 is 0 Å². The van der Waals surface area contributed by atoms with Crippen molar-refractivity contribution in [3.63, 3.8) is 0 Å². The van der Waals surface area contributed by atoms with Gasteiger partial charge < -0.3 is 10.5 Å². The van der Waals surface area contributed by atoms with Crippen molar-refractivity contribution in [3.8, 4) is 5.75 Å². The molecule has 1 spiro atoms. The van der Waals surface area contributed by atoms with Gasteiger partial charge in [-0.2, -0.15) is 0 Å². The Hall–Kier alpha value is -0.540. The van der Waals surface area contributed by atoms with Gasteiger partial charge in [0.2, 0.25) is 0 Å². The highest BCUT2D eigenvalue weighted by atomic mass is 79.9. The molecule has 0 saturated heterocycles. The van der Waals surface area contributed by atoms with Crippen LogP contribution in [0.25, 0.3) is 0 Å². The highest BCUT2D eigenvalue weighted by Gasteiger charge is 2.54. The number of hydrogen-bond donors (Lipinski definition) is 1. The normalized spacial score (nSPS) is 28.2. The first-order valence-corrected chi connectivity index (χ1v) is 8.51. The van der Waals surface area contributed by atoms with Crippen LogP contribution in [0.1, 0.15) is 49.7 Å². The zero-order valence-electron chi connectivity index (χ0n) is 12.4. The summed E-state index contributed by atoms with van der Waals surface area (Å²) in [5.41, 5.74) is 9.06. The second-order valence-electron chi connectivity index (χ2n) is 6.61. The van der Waals surface area contributed by atoms with Crippen LogP contribution in [-0.4, -0.2) is 12.1 Å². The Kier molecular flexibility index (Phi) is 3.85. The summed E-state index contributed by atoms with van der Waals surface area (Å²) < 4.78 is 7.51. The summed E-state index contributed by atoms with van der Waals surface area (Å²) >= 11 is 3.61. The summed E-state index contributed by atoms with van der Waals surface area (Å²) in [5.74, 6) is 1.00. The Morgan fingerprint density at radius 3 is 2.30 bits per heavy atom. The topological polar surface area (TPSA) is 35.2 Å². The fourth-order valence-corrected chi connectivity index (χ4v) is 4.21. The zero-order valence-corrected chi connectivity index (χ0v) is 14.0. The van der Waals surface area contributed by atoms with Crippen molar-refractivity contribution < 1.29 is 4.74 Å². The van der Waals surface area contributed by atoms with Gasteiger partial charge in [0.1, 0.15) is 11.9 Å². The smallest absolute Gasteiger partial charge is 0.120 e. The molecule has 2 aliphatic rings. The summed E-state index contributed by atoms with van der Waals surface area (Å²) in [7, 11) is 0. The summed E-state index contributed by atoms with van der Waals surface area (Å²) in [6, 6.07) is 4.61. The number of nitrogens with two attached hydrogens (primary N) is 1. The van der Waals surface area contributed by atoms with Crippen molar-refractivity contribution in [2.24, 2.45) is 11.1 Å². The van der Waals surface area contributed by atoms with Gasteiger partial charge in [-0.25, -0.2) is 0 Å². The quantitative estimate of drug-likeness (QED) is 0.862. The molecule has 0 bridgehead atoms. The fraction of sp³-hybridized carbons (Fsp3) is 0.647. The van der Waals surface area contributed by atoms with E-state index in [1.165, 1.54) is 47.7 Å². The van der Waals surface area contributed by atoms with E-state index >= 15 is 0 Å². The third kappa shape index (κ3) is 2.29. The van der Waals surface area contributed by atoms with Gasteiger partial charge in [0.25, 0.3) is 0 Å². The van der Waals surface area contributed by atoms with Crippen LogP contribution in [0.5, 0.6) is 5.75 Å². The van der Waals surface area contributed by atoms with Crippen LogP contribution < -0.4 is 10.5 Å². The summed E-state index contributed by atoms with van der Waals surface area (Å²) in [4.78, 5) is 0. The molecule has 2 unspecified atom stereocenters. The lowest BCUT2D eigenvalue weighted by Crippen LogP contribution is -2.64. The Morgan fingerprint density at radius 1 is 1.15 bits per heavy atom. The van der Waals surface area contributed by atoms with E-state index in [1.807, 2.05) is 0 Å². The Labute approximate surface area is 130 Å². The number of benzene rings is 1. The van der Waals surface area contributed by atoms with Crippen molar-refractivity contribution in [3.05, 3.63) is 27.7 Å². The zero-order chi connectivity index (χ0) is 14.3. The minimum Gasteiger partial charge on any atom is -0.490 e. The molecule has 110 valence electrons. The first-order valence-electron chi connectivity index (χ1n) is 7.72. The lowest BCUT2D eigenvalue weighted by atomic mass is 9.55. The molecule has 2 atom stereocenters. The molecule has 0 aliphatic heterocycles. The second kappa shape index (κ2) is 5.34. The van der Waals surface area contributed by atoms with Crippen molar-refractivity contribution >= 4 is 15.9 Å². The lowest BCUT2D eigenvalue weighted by molar-refractivity contribution is -0.0898. The number of halogens is 1. The molecule has 0 radical (unpaired) electrons. The second-order valence-corrected chi connectivity index (χ2v) is 7.41. The molecule has 3 rings (SSSR count). The van der Waals surface area contributed by atoms with Crippen LogP contribution in [0.3, 0.4) is 0 Å². The molecular formula is C17H24BrNO. The van der Waals surface area contributed by atoms with Crippen molar-refractivity contribution in [2.75, 3.05) is 0 Å². The number of rotatable bonds is 2. The molecule has 0 aromatic heterocycles. The van der Waals surface area contributed by atoms with Crippen LogP contribution in [0.15, 0.2) is 16.6 Å². The predicted octanol–water partition coefficient (Wildman–Crippen LogP) is 4.49. The van der Waals surface area contributed by atoms with Crippen LogP contribution in [0.2, 0.25) is 0 Å². The third-order valence-corrected chi connectivity index (χ3v) is 6.57. The van der Waals surface area contributed by atoms with Gasteiger partial charge in [0.15, 0.2) is 0 Å². The van der Waals surface area contributed by atoms with E-state index in [9.17, 15) is 0 Å². The SMILES string of the molecule is Cc1cc(OC2CC(N)C23CCCCC3)cc(C)c1Br. The highest BCUT2D eigenvalue weighted by molar-refractivity contribution is 9.10. The first-order chi connectivity index (χ1) is 9.53. The van der Waals surface area contributed by atoms with E-state index in [0.717, 1.165) is 12.2 Å². The maximum absolute atomic E-state index is 6.33. The van der Waals surface area contributed by atoms with Crippen molar-refractivity contribution in [2.45, 2.75) is 64.5 Å². The largest absolute Gasteiger partial charge is 0.490 e. The fourth-order valence-electron chi connectivity index (χ4n) is 3.99. The van der Waals surface area contributed by atoms with Gasteiger partial charge in [-0.05, 0) is 49.9 Å². The van der Waals surface area contributed by atoms with Crippen molar-refractivity contribution in [1.29, 1.82) is 0 Å². The van der Waals surface area contributed by atoms with Gasteiger partial charge in [-0.3, -0.25) is 0 Å². The number of hydrogen-bond acceptors (Lipinski definition) is 2. The van der Waals surface area contributed by atoms with E-state index in [4.69, 9.17) is 10.5 Å². The summed E-state index contributed by atoms with van der Waals surface area (Å²) in [5, 5.41) is 0. The van der Waals surface area contributed by atoms with E-state index in [0.29, 0.717) is 12.1 Å². The molecule has 2 N–H and O–H groups in total. The molecule has 2 fully saturated rings. The Bertz CT molecular complexity index is 485. The van der Waals surface area contributed by atoms with Gasteiger partial charge in [0.05, 0.1) is 0 Å². The van der Waals surface area contributed by atoms with Crippen LogP contribution in [0.4, 0.5) is 0 Å². The monoisotopic (exact) mass is 337 g/mol. The lowest BCUT2D eigenvalue weighted by Gasteiger charge is -2.56. The van der Waals surface area contributed by atoms with Gasteiger partial charge in [0, 0.05) is 22.4 Å². The highest BCUT2D eigenvalue weighted by Crippen LogP contribution is 2.52. The van der Waals surface area contributed by atoms with E-state index in [2.05, 4.69) is 41.9 Å². The third-order valence-electron chi connectivity index (χ3n) is 5.32. The van der Waals surface area contributed by atoms with Crippen molar-refractivity contribution in [1.82, 2.24) is 0 Å². The minimum atomic E-state index is 0.257. The molecular weight excluding hydrogens is 314 g/mol. The van der Waals surface area contributed by atoms with Gasteiger partial charge in [-0.1, -0.05) is 35.2 Å². The summed E-state index contributed by atoms with van der Waals surface area (Å²) in [6.07, 6.45) is 7.79. The Balaban J connectivity index is 1.78. The molecule has 2 aliphatic carbocycles.